The van der Waals surface area contributed by atoms with Crippen LogP contribution in [0.4, 0.5) is 10.6 Å². The Morgan fingerprint density at radius 3 is 2.41 bits per heavy atom. The highest BCUT2D eigenvalue weighted by molar-refractivity contribution is 5.70. The van der Waals surface area contributed by atoms with Crippen LogP contribution in [0.3, 0.4) is 0 Å². The van der Waals surface area contributed by atoms with Crippen LogP contribution in [0.15, 0.2) is 36.5 Å². The van der Waals surface area contributed by atoms with Gasteiger partial charge in [0.1, 0.15) is 11.2 Å². The molecule has 1 fully saturated rings. The number of rotatable bonds is 3. The van der Waals surface area contributed by atoms with E-state index in [-0.39, 0.29) is 18.0 Å². The number of aromatic nitrogens is 2. The molecule has 8 heteroatoms. The van der Waals surface area contributed by atoms with Crippen LogP contribution in [0, 0.1) is 10.1 Å². The number of likely N-dealkylation sites (tertiary alicyclic amines) is 1. The van der Waals surface area contributed by atoms with Gasteiger partial charge in [0.15, 0.2) is 0 Å². The number of hydrogen-bond acceptors (Lipinski definition) is 5. The molecule has 1 amide bonds. The van der Waals surface area contributed by atoms with Gasteiger partial charge in [0.05, 0.1) is 17.3 Å². The van der Waals surface area contributed by atoms with Crippen molar-refractivity contribution in [2.45, 2.75) is 45.3 Å². The van der Waals surface area contributed by atoms with Gasteiger partial charge in [0.2, 0.25) is 0 Å². The molecule has 1 aromatic carbocycles. The fourth-order valence-electron chi connectivity index (χ4n) is 3.16. The third-order valence-corrected chi connectivity index (χ3v) is 4.46. The van der Waals surface area contributed by atoms with Crippen LogP contribution in [0.1, 0.15) is 39.7 Å². The van der Waals surface area contributed by atoms with Gasteiger partial charge in [-0.2, -0.15) is 4.68 Å². The maximum Gasteiger partial charge on any atom is 0.410 e. The molecule has 3 rings (SSSR count). The second kappa shape index (κ2) is 7.38. The molecule has 1 aliphatic rings. The second-order valence-electron chi connectivity index (χ2n) is 7.67. The Kier molecular flexibility index (Phi) is 5.16. The predicted octanol–water partition coefficient (Wildman–Crippen LogP) is 4.03. The van der Waals surface area contributed by atoms with E-state index in [0.29, 0.717) is 31.5 Å². The van der Waals surface area contributed by atoms with E-state index in [0.717, 1.165) is 5.56 Å². The molecule has 0 atom stereocenters. The molecule has 2 heterocycles. The van der Waals surface area contributed by atoms with E-state index in [4.69, 9.17) is 4.74 Å². The SMILES string of the molecule is CC(C)(C)OC(=O)N1CCC(n2cc(-c3ccccc3)c([N+](=O)[O-])n2)CC1. The second-order valence-corrected chi connectivity index (χ2v) is 7.67. The van der Waals surface area contributed by atoms with Crippen molar-refractivity contribution in [1.82, 2.24) is 14.7 Å². The largest absolute Gasteiger partial charge is 0.444 e. The number of hydrogen-bond donors (Lipinski definition) is 0. The monoisotopic (exact) mass is 372 g/mol. The lowest BCUT2D eigenvalue weighted by molar-refractivity contribution is -0.389. The Morgan fingerprint density at radius 1 is 1.22 bits per heavy atom. The average molecular weight is 372 g/mol. The quantitative estimate of drug-likeness (QED) is 0.599. The van der Waals surface area contributed by atoms with Crippen LogP contribution in [0.5, 0.6) is 0 Å². The molecule has 1 saturated heterocycles. The number of carbonyl (C=O) groups is 1. The van der Waals surface area contributed by atoms with Crippen LogP contribution >= 0.6 is 0 Å². The molecule has 0 radical (unpaired) electrons. The maximum atomic E-state index is 12.2. The topological polar surface area (TPSA) is 90.5 Å². The summed E-state index contributed by atoms with van der Waals surface area (Å²) in [6.45, 7) is 6.59. The minimum Gasteiger partial charge on any atom is -0.444 e. The fourth-order valence-corrected chi connectivity index (χ4v) is 3.16. The van der Waals surface area contributed by atoms with Crippen LogP contribution in [0.2, 0.25) is 0 Å². The summed E-state index contributed by atoms with van der Waals surface area (Å²) in [5, 5.41) is 15.6. The van der Waals surface area contributed by atoms with Crippen molar-refractivity contribution in [3.05, 3.63) is 46.6 Å². The molecule has 0 N–H and O–H groups in total. The lowest BCUT2D eigenvalue weighted by atomic mass is 10.1. The minimum absolute atomic E-state index is 0.0137. The van der Waals surface area contributed by atoms with Crippen molar-refractivity contribution in [1.29, 1.82) is 0 Å². The Bertz CT molecular complexity index is 818. The number of carbonyl (C=O) groups excluding carboxylic acids is 1. The zero-order valence-electron chi connectivity index (χ0n) is 15.8. The number of ether oxygens (including phenoxy) is 1. The smallest absolute Gasteiger partial charge is 0.410 e. The summed E-state index contributed by atoms with van der Waals surface area (Å²) < 4.78 is 7.08. The van der Waals surface area contributed by atoms with E-state index in [9.17, 15) is 14.9 Å². The van der Waals surface area contributed by atoms with Crippen molar-refractivity contribution in [2.75, 3.05) is 13.1 Å². The van der Waals surface area contributed by atoms with Crippen molar-refractivity contribution < 1.29 is 14.5 Å². The van der Waals surface area contributed by atoms with Gasteiger partial charge in [0.25, 0.3) is 0 Å². The predicted molar refractivity (Wildman–Crippen MR) is 100 cm³/mol. The van der Waals surface area contributed by atoms with E-state index in [1.165, 1.54) is 0 Å². The first-order chi connectivity index (χ1) is 12.7. The van der Waals surface area contributed by atoms with Gasteiger partial charge in [-0.25, -0.2) is 4.79 Å². The number of amides is 1. The normalized spacial score (nSPS) is 15.6. The van der Waals surface area contributed by atoms with E-state index in [2.05, 4.69) is 5.10 Å². The zero-order chi connectivity index (χ0) is 19.6. The Hall–Kier alpha value is -2.90. The standard InChI is InChI=1S/C19H24N4O4/c1-19(2,3)27-18(24)21-11-9-15(10-12-21)22-13-16(17(20-22)23(25)26)14-7-5-4-6-8-14/h4-8,13,15H,9-12H2,1-3H3. The molecule has 8 nitrogen and oxygen atoms in total. The van der Waals surface area contributed by atoms with Crippen LogP contribution in [-0.4, -0.2) is 44.4 Å². The van der Waals surface area contributed by atoms with Crippen molar-refractivity contribution in [2.24, 2.45) is 0 Å². The molecular weight excluding hydrogens is 348 g/mol. The molecule has 144 valence electrons. The Labute approximate surface area is 157 Å². The molecule has 0 unspecified atom stereocenters. The van der Waals surface area contributed by atoms with Crippen molar-refractivity contribution >= 4 is 11.9 Å². The van der Waals surface area contributed by atoms with Crippen molar-refractivity contribution in [3.63, 3.8) is 0 Å². The molecule has 0 bridgehead atoms. The fraction of sp³-hybridized carbons (Fsp3) is 0.474. The van der Waals surface area contributed by atoms with Gasteiger partial charge in [-0.05, 0) is 44.1 Å². The van der Waals surface area contributed by atoms with E-state index in [1.807, 2.05) is 51.1 Å². The van der Waals surface area contributed by atoms with Crippen LogP contribution in [-0.2, 0) is 4.74 Å². The molecule has 1 aromatic heterocycles. The Balaban J connectivity index is 1.73. The highest BCUT2D eigenvalue weighted by Crippen LogP contribution is 2.32. The van der Waals surface area contributed by atoms with Gasteiger partial charge in [-0.15, -0.1) is 0 Å². The van der Waals surface area contributed by atoms with Gasteiger partial charge in [0, 0.05) is 13.1 Å². The third-order valence-electron chi connectivity index (χ3n) is 4.46. The lowest BCUT2D eigenvalue weighted by Gasteiger charge is -2.32. The molecule has 0 spiro atoms. The lowest BCUT2D eigenvalue weighted by Crippen LogP contribution is -2.42. The van der Waals surface area contributed by atoms with Gasteiger partial charge in [-0.1, -0.05) is 30.3 Å². The van der Waals surface area contributed by atoms with Gasteiger partial charge in [-0.3, -0.25) is 0 Å². The summed E-state index contributed by atoms with van der Waals surface area (Å²) in [5.41, 5.74) is 0.748. The van der Waals surface area contributed by atoms with Gasteiger partial charge >= 0.3 is 11.9 Å². The van der Waals surface area contributed by atoms with E-state index < -0.39 is 10.5 Å². The highest BCUT2D eigenvalue weighted by Gasteiger charge is 2.31. The summed E-state index contributed by atoms with van der Waals surface area (Å²) in [6, 6.07) is 9.23. The highest BCUT2D eigenvalue weighted by atomic mass is 16.6. The molecule has 27 heavy (non-hydrogen) atoms. The Morgan fingerprint density at radius 2 is 1.85 bits per heavy atom. The average Bonchev–Trinajstić information content (AvgIpc) is 3.07. The first kappa shape index (κ1) is 18.9. The summed E-state index contributed by atoms with van der Waals surface area (Å²) in [4.78, 5) is 24.8. The number of nitro groups is 1. The molecular formula is C19H24N4O4. The third kappa shape index (κ3) is 4.45. The van der Waals surface area contributed by atoms with E-state index in [1.54, 1.807) is 15.8 Å². The first-order valence-electron chi connectivity index (χ1n) is 9.01. The maximum absolute atomic E-state index is 12.2. The summed E-state index contributed by atoms with van der Waals surface area (Å²) in [6.07, 6.45) is 2.76. The van der Waals surface area contributed by atoms with Crippen molar-refractivity contribution in [3.8, 4) is 11.1 Å². The first-order valence-corrected chi connectivity index (χ1v) is 9.01. The summed E-state index contributed by atoms with van der Waals surface area (Å²) >= 11 is 0. The summed E-state index contributed by atoms with van der Waals surface area (Å²) in [5.74, 6) is -0.143. The minimum atomic E-state index is -0.527. The van der Waals surface area contributed by atoms with Crippen LogP contribution in [0.25, 0.3) is 11.1 Å². The molecule has 0 aliphatic carbocycles. The van der Waals surface area contributed by atoms with Gasteiger partial charge < -0.3 is 19.8 Å². The van der Waals surface area contributed by atoms with E-state index >= 15 is 0 Å². The zero-order valence-corrected chi connectivity index (χ0v) is 15.8. The molecule has 0 saturated carbocycles. The molecule has 1 aliphatic heterocycles. The number of benzene rings is 1. The van der Waals surface area contributed by atoms with Crippen LogP contribution < -0.4 is 0 Å². The summed E-state index contributed by atoms with van der Waals surface area (Å²) in [7, 11) is 0. The number of nitrogens with zero attached hydrogens (tertiary/aromatic N) is 4. The molecule has 2 aromatic rings. The number of piperidine rings is 1.